The first-order valence-electron chi connectivity index (χ1n) is 8.55. The molecule has 10 nitrogen and oxygen atoms in total. The number of anilines is 4. The second kappa shape index (κ2) is 9.09. The Morgan fingerprint density at radius 1 is 0.968 bits per heavy atom. The van der Waals surface area contributed by atoms with Gasteiger partial charge in [0.15, 0.2) is 6.61 Å². The number of nitrogens with zero attached hydrogens (tertiary/aromatic N) is 4. The normalized spacial score (nSPS) is 11.7. The Morgan fingerprint density at radius 3 is 2.32 bits per heavy atom. The zero-order valence-electron chi connectivity index (χ0n) is 15.9. The summed E-state index contributed by atoms with van der Waals surface area (Å²) in [4.78, 5) is 15.6. The molecule has 0 aliphatic heterocycles. The van der Waals surface area contributed by atoms with E-state index in [-0.39, 0.29) is 22.2 Å². The van der Waals surface area contributed by atoms with Gasteiger partial charge in [0.1, 0.15) is 35.9 Å². The third-order valence-corrected chi connectivity index (χ3v) is 5.10. The molecule has 2 heterocycles. The van der Waals surface area contributed by atoms with Crippen LogP contribution in [0.5, 0.6) is 5.75 Å². The summed E-state index contributed by atoms with van der Waals surface area (Å²) in [5, 5.41) is 5.67. The minimum Gasteiger partial charge on any atom is -0.482 e. The molecule has 164 valence electrons. The van der Waals surface area contributed by atoms with Crippen molar-refractivity contribution in [3.63, 3.8) is 0 Å². The van der Waals surface area contributed by atoms with Crippen LogP contribution in [0.2, 0.25) is 0 Å². The molecule has 14 heteroatoms. The SMILES string of the molecule is CNS(=O)(=O)c1ccc(OCC(F)(F)F)c(Nc2cc(Nc3ccncn3)ncn2)c1. The molecule has 0 unspecified atom stereocenters. The van der Waals surface area contributed by atoms with Crippen LogP contribution in [0.1, 0.15) is 0 Å². The maximum Gasteiger partial charge on any atom is 0.422 e. The standard InChI is InChI=1S/C17H16F3N7O3S/c1-21-31(28,29)11-2-3-13(30-8-17(18,19)20)12(6-11)26-15-7-16(25-10-24-15)27-14-4-5-22-9-23-14/h2-7,9-10,21H,8H2,1H3,(H2,22,23,24,25,26,27). The highest BCUT2D eigenvalue weighted by molar-refractivity contribution is 7.89. The fourth-order valence-corrected chi connectivity index (χ4v) is 3.06. The molecule has 3 N–H and O–H groups in total. The predicted octanol–water partition coefficient (Wildman–Crippen LogP) is 2.60. The maximum absolute atomic E-state index is 12.6. The number of nitrogens with one attached hydrogen (secondary N) is 3. The molecule has 0 bridgehead atoms. The van der Waals surface area contributed by atoms with Crippen molar-refractivity contribution in [3.05, 3.63) is 49.2 Å². The summed E-state index contributed by atoms with van der Waals surface area (Å²) in [7, 11) is -2.63. The topological polar surface area (TPSA) is 131 Å². The molecule has 0 saturated carbocycles. The van der Waals surface area contributed by atoms with Crippen LogP contribution in [0, 0.1) is 0 Å². The van der Waals surface area contributed by atoms with Gasteiger partial charge in [0.05, 0.1) is 10.6 Å². The second-order valence-electron chi connectivity index (χ2n) is 5.90. The minimum atomic E-state index is -4.57. The van der Waals surface area contributed by atoms with Gasteiger partial charge in [-0.1, -0.05) is 0 Å². The molecule has 0 radical (unpaired) electrons. The average molecular weight is 455 g/mol. The highest BCUT2D eigenvalue weighted by atomic mass is 32.2. The van der Waals surface area contributed by atoms with Gasteiger partial charge in [0.25, 0.3) is 0 Å². The molecule has 0 spiro atoms. The van der Waals surface area contributed by atoms with Gasteiger partial charge < -0.3 is 15.4 Å². The molecule has 0 aliphatic carbocycles. The average Bonchev–Trinajstić information content (AvgIpc) is 2.73. The van der Waals surface area contributed by atoms with Crippen LogP contribution in [-0.2, 0) is 10.0 Å². The Morgan fingerprint density at radius 2 is 1.68 bits per heavy atom. The Hall–Kier alpha value is -3.52. The highest BCUT2D eigenvalue weighted by Gasteiger charge is 2.29. The van der Waals surface area contributed by atoms with E-state index in [1.807, 2.05) is 0 Å². The zero-order chi connectivity index (χ0) is 22.5. The molecule has 31 heavy (non-hydrogen) atoms. The van der Waals surface area contributed by atoms with Crippen molar-refractivity contribution in [3.8, 4) is 5.75 Å². The smallest absolute Gasteiger partial charge is 0.422 e. The van der Waals surface area contributed by atoms with Gasteiger partial charge in [-0.2, -0.15) is 13.2 Å². The van der Waals surface area contributed by atoms with Crippen molar-refractivity contribution in [1.29, 1.82) is 0 Å². The fourth-order valence-electron chi connectivity index (χ4n) is 2.31. The van der Waals surface area contributed by atoms with E-state index < -0.39 is 22.8 Å². The van der Waals surface area contributed by atoms with Crippen LogP contribution in [0.15, 0.2) is 54.1 Å². The molecule has 1 aromatic carbocycles. The van der Waals surface area contributed by atoms with Crippen LogP contribution in [0.25, 0.3) is 0 Å². The Kier molecular flexibility index (Phi) is 6.50. The van der Waals surface area contributed by atoms with Crippen molar-refractivity contribution in [2.24, 2.45) is 0 Å². The van der Waals surface area contributed by atoms with Crippen molar-refractivity contribution in [2.45, 2.75) is 11.1 Å². The van der Waals surface area contributed by atoms with Crippen molar-refractivity contribution < 1.29 is 26.3 Å². The van der Waals surface area contributed by atoms with Crippen LogP contribution in [0.4, 0.5) is 36.3 Å². The largest absolute Gasteiger partial charge is 0.482 e. The van der Waals surface area contributed by atoms with Gasteiger partial charge in [0, 0.05) is 12.3 Å². The van der Waals surface area contributed by atoms with E-state index in [2.05, 4.69) is 35.3 Å². The molecule has 2 aromatic heterocycles. The Labute approximate surface area is 175 Å². The van der Waals surface area contributed by atoms with Gasteiger partial charge in [-0.3, -0.25) is 0 Å². The number of ether oxygens (including phenoxy) is 1. The van der Waals surface area contributed by atoms with Gasteiger partial charge >= 0.3 is 6.18 Å². The summed E-state index contributed by atoms with van der Waals surface area (Å²) in [6, 6.07) is 6.45. The molecule has 3 aromatic rings. The zero-order valence-corrected chi connectivity index (χ0v) is 16.7. The first kappa shape index (κ1) is 22.2. The summed E-state index contributed by atoms with van der Waals surface area (Å²) >= 11 is 0. The highest BCUT2D eigenvalue weighted by Crippen LogP contribution is 2.32. The van der Waals surface area contributed by atoms with E-state index in [9.17, 15) is 21.6 Å². The Bertz CT molecular complexity index is 1150. The lowest BCUT2D eigenvalue weighted by molar-refractivity contribution is -0.153. The molecule has 0 saturated heterocycles. The molecule has 3 rings (SSSR count). The third-order valence-electron chi connectivity index (χ3n) is 3.69. The Balaban J connectivity index is 1.90. The number of hydrogen-bond acceptors (Lipinski definition) is 9. The molecule has 0 atom stereocenters. The van der Waals surface area contributed by atoms with Crippen molar-refractivity contribution >= 4 is 33.2 Å². The number of alkyl halides is 3. The predicted molar refractivity (Wildman–Crippen MR) is 105 cm³/mol. The van der Waals surface area contributed by atoms with Crippen LogP contribution >= 0.6 is 0 Å². The maximum atomic E-state index is 12.6. The van der Waals surface area contributed by atoms with E-state index in [4.69, 9.17) is 4.74 Å². The van der Waals surface area contributed by atoms with E-state index in [1.165, 1.54) is 32.0 Å². The first-order chi connectivity index (χ1) is 14.7. The molecule has 0 amide bonds. The molecule has 0 fully saturated rings. The van der Waals surface area contributed by atoms with Gasteiger partial charge in [-0.25, -0.2) is 33.1 Å². The summed E-state index contributed by atoms with van der Waals surface area (Å²) in [6.07, 6.45) is -0.513. The van der Waals surface area contributed by atoms with Gasteiger partial charge in [-0.05, 0) is 31.3 Å². The lowest BCUT2D eigenvalue weighted by Gasteiger charge is -2.16. The van der Waals surface area contributed by atoms with E-state index in [1.54, 1.807) is 6.07 Å². The summed E-state index contributed by atoms with van der Waals surface area (Å²) in [5.41, 5.74) is -0.0349. The number of rotatable bonds is 8. The van der Waals surface area contributed by atoms with Gasteiger partial charge in [0.2, 0.25) is 10.0 Å². The van der Waals surface area contributed by atoms with E-state index >= 15 is 0 Å². The number of sulfonamides is 1. The fraction of sp³-hybridized carbons (Fsp3) is 0.176. The van der Waals surface area contributed by atoms with E-state index in [0.29, 0.717) is 11.6 Å². The molecular formula is C17H16F3N7O3S. The number of hydrogen-bond donors (Lipinski definition) is 3. The number of halogens is 3. The lowest BCUT2D eigenvalue weighted by Crippen LogP contribution is -2.20. The summed E-state index contributed by atoms with van der Waals surface area (Å²) in [6.45, 7) is -1.55. The first-order valence-corrected chi connectivity index (χ1v) is 10.0. The van der Waals surface area contributed by atoms with Crippen LogP contribution < -0.4 is 20.1 Å². The molecule has 0 aliphatic rings. The van der Waals surface area contributed by atoms with E-state index in [0.717, 1.165) is 18.2 Å². The molecular weight excluding hydrogens is 439 g/mol. The number of aromatic nitrogens is 4. The van der Waals surface area contributed by atoms with Crippen molar-refractivity contribution in [1.82, 2.24) is 24.7 Å². The van der Waals surface area contributed by atoms with Crippen LogP contribution in [0.3, 0.4) is 0 Å². The minimum absolute atomic E-state index is 0.0349. The van der Waals surface area contributed by atoms with Crippen molar-refractivity contribution in [2.75, 3.05) is 24.3 Å². The second-order valence-corrected chi connectivity index (χ2v) is 7.79. The lowest BCUT2D eigenvalue weighted by atomic mass is 10.3. The number of benzene rings is 1. The summed E-state index contributed by atoms with van der Waals surface area (Å²) < 4.78 is 68.9. The summed E-state index contributed by atoms with van der Waals surface area (Å²) in [5.74, 6) is 0.739. The third kappa shape index (κ3) is 6.23. The quantitative estimate of drug-likeness (QED) is 0.469. The van der Waals surface area contributed by atoms with Crippen LogP contribution in [-0.4, -0.2) is 48.2 Å². The monoisotopic (exact) mass is 455 g/mol. The van der Waals surface area contributed by atoms with Gasteiger partial charge in [-0.15, -0.1) is 0 Å².